The highest BCUT2D eigenvalue weighted by atomic mass is 35.5. The zero-order chi connectivity index (χ0) is 18.1. The number of carbonyl (C=O) groups is 2. The van der Waals surface area contributed by atoms with Crippen LogP contribution in [0.1, 0.15) is 18.4 Å². The molecule has 0 bridgehead atoms. The first-order valence-corrected chi connectivity index (χ1v) is 7.93. The Hall–Kier alpha value is -2.86. The predicted octanol–water partition coefficient (Wildman–Crippen LogP) is 3.10. The molecule has 0 aliphatic rings. The van der Waals surface area contributed by atoms with Gasteiger partial charge >= 0.3 is 5.97 Å². The van der Waals surface area contributed by atoms with Gasteiger partial charge in [0.1, 0.15) is 5.75 Å². The molecule has 0 saturated carbocycles. The van der Waals surface area contributed by atoms with Crippen LogP contribution in [0.25, 0.3) is 0 Å². The van der Waals surface area contributed by atoms with Crippen molar-refractivity contribution < 1.29 is 19.4 Å². The van der Waals surface area contributed by atoms with Gasteiger partial charge in [-0.15, -0.1) is 0 Å². The second-order valence-electron chi connectivity index (χ2n) is 5.10. The zero-order valence-corrected chi connectivity index (χ0v) is 14.1. The topological polar surface area (TPSA) is 88.0 Å². The Balaban J connectivity index is 1.95. The van der Waals surface area contributed by atoms with Crippen molar-refractivity contribution in [3.63, 3.8) is 0 Å². The second-order valence-corrected chi connectivity index (χ2v) is 5.53. The van der Waals surface area contributed by atoms with Crippen LogP contribution in [0.15, 0.2) is 59.7 Å². The lowest BCUT2D eigenvalue weighted by molar-refractivity contribution is -0.136. The molecule has 2 aromatic carbocycles. The molecule has 130 valence electrons. The number of carboxylic acids is 1. The van der Waals surface area contributed by atoms with E-state index in [1.54, 1.807) is 36.4 Å². The minimum atomic E-state index is -0.930. The largest absolute Gasteiger partial charge is 0.484 e. The van der Waals surface area contributed by atoms with E-state index in [1.807, 2.05) is 18.2 Å². The summed E-state index contributed by atoms with van der Waals surface area (Å²) in [5.74, 6) is -0.863. The number of carboxylic acid groups (broad SMARTS) is 1. The van der Waals surface area contributed by atoms with Gasteiger partial charge in [0.25, 0.3) is 5.91 Å². The average Bonchev–Trinajstić information content (AvgIpc) is 2.62. The molecule has 0 spiro atoms. The molecular formula is C18H17ClN2O4. The molecule has 0 radical (unpaired) electrons. The molecule has 0 heterocycles. The van der Waals surface area contributed by atoms with Gasteiger partial charge in [0.2, 0.25) is 0 Å². The third kappa shape index (κ3) is 6.64. The van der Waals surface area contributed by atoms with E-state index in [2.05, 4.69) is 10.5 Å². The molecule has 0 fully saturated rings. The Morgan fingerprint density at radius 3 is 2.36 bits per heavy atom. The lowest BCUT2D eigenvalue weighted by Gasteiger charge is -2.08. The van der Waals surface area contributed by atoms with Crippen molar-refractivity contribution in [1.82, 2.24) is 5.43 Å². The van der Waals surface area contributed by atoms with Gasteiger partial charge in [0.15, 0.2) is 6.61 Å². The standard InChI is InChI=1S/C18H17ClN2O4/c19-14-6-8-15(9-7-14)25-12-17(22)21-20-16(10-11-18(23)24)13-4-2-1-3-5-13/h1-9H,10-12H2,(H,21,22)(H,23,24)/b20-16-. The van der Waals surface area contributed by atoms with Gasteiger partial charge in [-0.25, -0.2) is 5.43 Å². The first-order chi connectivity index (χ1) is 12.0. The van der Waals surface area contributed by atoms with E-state index in [1.165, 1.54) is 0 Å². The van der Waals surface area contributed by atoms with Crippen LogP contribution in [0.3, 0.4) is 0 Å². The number of carbonyl (C=O) groups excluding carboxylic acids is 1. The molecule has 25 heavy (non-hydrogen) atoms. The number of rotatable bonds is 8. The zero-order valence-electron chi connectivity index (χ0n) is 13.3. The molecule has 0 atom stereocenters. The van der Waals surface area contributed by atoms with Crippen LogP contribution < -0.4 is 10.2 Å². The number of benzene rings is 2. The summed E-state index contributed by atoms with van der Waals surface area (Å²) in [6.45, 7) is -0.216. The number of hydrogen-bond acceptors (Lipinski definition) is 4. The highest BCUT2D eigenvalue weighted by molar-refractivity contribution is 6.30. The third-order valence-electron chi connectivity index (χ3n) is 3.18. The van der Waals surface area contributed by atoms with Gasteiger partial charge in [-0.3, -0.25) is 9.59 Å². The number of nitrogens with one attached hydrogen (secondary N) is 1. The summed E-state index contributed by atoms with van der Waals surface area (Å²) in [6.07, 6.45) is 0.128. The first kappa shape index (κ1) is 18.5. The minimum Gasteiger partial charge on any atom is -0.484 e. The number of nitrogens with zero attached hydrogens (tertiary/aromatic N) is 1. The Morgan fingerprint density at radius 2 is 1.72 bits per heavy atom. The summed E-state index contributed by atoms with van der Waals surface area (Å²) in [4.78, 5) is 22.7. The Labute approximate surface area is 150 Å². The fraction of sp³-hybridized carbons (Fsp3) is 0.167. The van der Waals surface area contributed by atoms with Crippen LogP contribution in [0, 0.1) is 0 Å². The monoisotopic (exact) mass is 360 g/mol. The number of halogens is 1. The molecule has 7 heteroatoms. The van der Waals surface area contributed by atoms with Crippen molar-refractivity contribution in [2.75, 3.05) is 6.61 Å². The summed E-state index contributed by atoms with van der Waals surface area (Å²) < 4.78 is 5.32. The van der Waals surface area contributed by atoms with Crippen molar-refractivity contribution in [3.8, 4) is 5.75 Å². The average molecular weight is 361 g/mol. The van der Waals surface area contributed by atoms with Crippen LogP contribution in [-0.4, -0.2) is 29.3 Å². The lowest BCUT2D eigenvalue weighted by Crippen LogP contribution is -2.26. The fourth-order valence-corrected chi connectivity index (χ4v) is 2.09. The maximum absolute atomic E-state index is 11.9. The summed E-state index contributed by atoms with van der Waals surface area (Å²) in [6, 6.07) is 15.7. The van der Waals surface area contributed by atoms with Gasteiger partial charge in [0, 0.05) is 11.4 Å². The lowest BCUT2D eigenvalue weighted by atomic mass is 10.1. The van der Waals surface area contributed by atoms with Crippen molar-refractivity contribution in [3.05, 3.63) is 65.2 Å². The van der Waals surface area contributed by atoms with E-state index in [4.69, 9.17) is 21.4 Å². The van der Waals surface area contributed by atoms with E-state index in [9.17, 15) is 9.59 Å². The molecule has 0 saturated heterocycles. The predicted molar refractivity (Wildman–Crippen MR) is 94.9 cm³/mol. The van der Waals surface area contributed by atoms with Gasteiger partial charge in [-0.05, 0) is 29.8 Å². The van der Waals surface area contributed by atoms with Crippen LogP contribution in [0.4, 0.5) is 0 Å². The molecule has 2 N–H and O–H groups in total. The smallest absolute Gasteiger partial charge is 0.303 e. The Kier molecular flexibility index (Phi) is 6.98. The quantitative estimate of drug-likeness (QED) is 0.559. The van der Waals surface area contributed by atoms with Crippen molar-refractivity contribution in [1.29, 1.82) is 0 Å². The second kappa shape index (κ2) is 9.44. The number of aliphatic carboxylic acids is 1. The molecule has 2 rings (SSSR count). The molecular weight excluding hydrogens is 344 g/mol. The molecule has 0 aliphatic heterocycles. The molecule has 0 unspecified atom stereocenters. The highest BCUT2D eigenvalue weighted by Gasteiger charge is 2.08. The number of ether oxygens (including phenoxy) is 1. The van der Waals surface area contributed by atoms with Gasteiger partial charge in [-0.2, -0.15) is 5.10 Å². The first-order valence-electron chi connectivity index (χ1n) is 7.55. The maximum atomic E-state index is 11.9. The minimum absolute atomic E-state index is 0.0785. The van der Waals surface area contributed by atoms with Crippen molar-refractivity contribution >= 4 is 29.2 Å². The van der Waals surface area contributed by atoms with E-state index < -0.39 is 11.9 Å². The third-order valence-corrected chi connectivity index (χ3v) is 3.43. The van der Waals surface area contributed by atoms with E-state index in [0.29, 0.717) is 16.5 Å². The molecule has 1 amide bonds. The van der Waals surface area contributed by atoms with E-state index in [-0.39, 0.29) is 19.4 Å². The van der Waals surface area contributed by atoms with Gasteiger partial charge in [-0.1, -0.05) is 41.9 Å². The van der Waals surface area contributed by atoms with Gasteiger partial charge < -0.3 is 9.84 Å². The van der Waals surface area contributed by atoms with Crippen molar-refractivity contribution in [2.45, 2.75) is 12.8 Å². The number of hydrazone groups is 1. The van der Waals surface area contributed by atoms with E-state index >= 15 is 0 Å². The summed E-state index contributed by atoms with van der Waals surface area (Å²) in [5, 5.41) is 13.5. The highest BCUT2D eigenvalue weighted by Crippen LogP contribution is 2.15. The maximum Gasteiger partial charge on any atom is 0.303 e. The van der Waals surface area contributed by atoms with Crippen molar-refractivity contribution in [2.24, 2.45) is 5.10 Å². The fourth-order valence-electron chi connectivity index (χ4n) is 1.96. The summed E-state index contributed by atoms with van der Waals surface area (Å²) >= 11 is 5.77. The van der Waals surface area contributed by atoms with E-state index in [0.717, 1.165) is 5.56 Å². The van der Waals surface area contributed by atoms with Crippen LogP contribution in [0.5, 0.6) is 5.75 Å². The van der Waals surface area contributed by atoms with Gasteiger partial charge in [0.05, 0.1) is 12.1 Å². The molecule has 2 aromatic rings. The number of hydrogen-bond donors (Lipinski definition) is 2. The van der Waals surface area contributed by atoms with Crippen LogP contribution in [0.2, 0.25) is 5.02 Å². The van der Waals surface area contributed by atoms with Crippen LogP contribution >= 0.6 is 11.6 Å². The summed E-state index contributed by atoms with van der Waals surface area (Å²) in [7, 11) is 0. The normalized spacial score (nSPS) is 11.0. The summed E-state index contributed by atoms with van der Waals surface area (Å²) in [5.41, 5.74) is 3.63. The molecule has 6 nitrogen and oxygen atoms in total. The molecule has 0 aliphatic carbocycles. The van der Waals surface area contributed by atoms with Crippen LogP contribution in [-0.2, 0) is 9.59 Å². The Morgan fingerprint density at radius 1 is 1.04 bits per heavy atom. The SMILES string of the molecule is O=C(O)CC/C(=N/NC(=O)COc1ccc(Cl)cc1)c1ccccc1. The number of amides is 1. The Bertz CT molecular complexity index is 745. The molecule has 0 aromatic heterocycles.